The highest BCUT2D eigenvalue weighted by Crippen LogP contribution is 2.28. The van der Waals surface area contributed by atoms with Crippen LogP contribution in [0.1, 0.15) is 26.3 Å². The van der Waals surface area contributed by atoms with Crippen molar-refractivity contribution in [2.45, 2.75) is 33.9 Å². The Morgan fingerprint density at radius 2 is 2.19 bits per heavy atom. The fourth-order valence-electron chi connectivity index (χ4n) is 1.96. The first kappa shape index (κ1) is 15.9. The molecule has 1 aromatic heterocycles. The third-order valence-electron chi connectivity index (χ3n) is 3.06. The van der Waals surface area contributed by atoms with E-state index < -0.39 is 0 Å². The van der Waals surface area contributed by atoms with Crippen LogP contribution in [0, 0.1) is 5.92 Å². The van der Waals surface area contributed by atoms with Crippen molar-refractivity contribution in [1.82, 2.24) is 15.1 Å². The molecule has 0 radical (unpaired) electrons. The molecule has 2 rings (SSSR count). The van der Waals surface area contributed by atoms with Gasteiger partial charge in [-0.3, -0.25) is 4.68 Å². The molecule has 2 aromatic rings. The molecule has 0 unspecified atom stereocenters. The van der Waals surface area contributed by atoms with Crippen molar-refractivity contribution in [1.29, 1.82) is 0 Å². The normalized spacial score (nSPS) is 11.1. The van der Waals surface area contributed by atoms with Gasteiger partial charge in [0.15, 0.2) is 5.75 Å². The minimum atomic E-state index is 0.615. The van der Waals surface area contributed by atoms with Crippen LogP contribution in [0.4, 0.5) is 0 Å². The minimum Gasteiger partial charge on any atom is -0.454 e. The lowest BCUT2D eigenvalue weighted by atomic mass is 10.2. The van der Waals surface area contributed by atoms with Gasteiger partial charge in [-0.2, -0.15) is 5.10 Å². The highest BCUT2D eigenvalue weighted by molar-refractivity contribution is 6.30. The highest BCUT2D eigenvalue weighted by Gasteiger charge is 2.08. The summed E-state index contributed by atoms with van der Waals surface area (Å²) >= 11 is 6.08. The molecule has 0 aliphatic heterocycles. The van der Waals surface area contributed by atoms with Crippen molar-refractivity contribution in [3.05, 3.63) is 41.2 Å². The standard InChI is InChI=1S/C16H22ClN3O/c1-4-20-11-15(10-19-20)21-16-7-14(17)6-5-13(16)9-18-8-12(2)3/h5-7,10-12,18H,4,8-9H2,1-3H3. The van der Waals surface area contributed by atoms with Crippen molar-refractivity contribution >= 4 is 11.6 Å². The average molecular weight is 308 g/mol. The molecule has 1 N–H and O–H groups in total. The van der Waals surface area contributed by atoms with Crippen LogP contribution in [0.2, 0.25) is 5.02 Å². The molecule has 4 nitrogen and oxygen atoms in total. The van der Waals surface area contributed by atoms with Crippen molar-refractivity contribution in [2.75, 3.05) is 6.54 Å². The van der Waals surface area contributed by atoms with E-state index in [-0.39, 0.29) is 0 Å². The van der Waals surface area contributed by atoms with Gasteiger partial charge in [0.1, 0.15) is 5.75 Å². The van der Waals surface area contributed by atoms with Gasteiger partial charge in [0.2, 0.25) is 0 Å². The number of aromatic nitrogens is 2. The van der Waals surface area contributed by atoms with Crippen LogP contribution in [0.25, 0.3) is 0 Å². The Morgan fingerprint density at radius 3 is 2.86 bits per heavy atom. The lowest BCUT2D eigenvalue weighted by Crippen LogP contribution is -2.19. The summed E-state index contributed by atoms with van der Waals surface area (Å²) in [5, 5.41) is 8.30. The molecule has 0 atom stereocenters. The van der Waals surface area contributed by atoms with Gasteiger partial charge in [-0.25, -0.2) is 0 Å². The zero-order valence-electron chi connectivity index (χ0n) is 12.8. The first-order chi connectivity index (χ1) is 10.1. The molecule has 5 heteroatoms. The van der Waals surface area contributed by atoms with Crippen LogP contribution in [0.15, 0.2) is 30.6 Å². The van der Waals surface area contributed by atoms with Crippen LogP contribution in [0.5, 0.6) is 11.5 Å². The molecule has 1 heterocycles. The van der Waals surface area contributed by atoms with Crippen molar-refractivity contribution < 1.29 is 4.74 Å². The highest BCUT2D eigenvalue weighted by atomic mass is 35.5. The molecular weight excluding hydrogens is 286 g/mol. The number of halogens is 1. The van der Waals surface area contributed by atoms with Gasteiger partial charge in [-0.15, -0.1) is 0 Å². The summed E-state index contributed by atoms with van der Waals surface area (Å²) in [6, 6.07) is 5.72. The van der Waals surface area contributed by atoms with Crippen LogP contribution in [-0.2, 0) is 13.1 Å². The van der Waals surface area contributed by atoms with Gasteiger partial charge in [0.25, 0.3) is 0 Å². The van der Waals surface area contributed by atoms with Gasteiger partial charge in [-0.05, 0) is 31.5 Å². The summed E-state index contributed by atoms with van der Waals surface area (Å²) in [5.41, 5.74) is 1.09. The van der Waals surface area contributed by atoms with E-state index in [1.165, 1.54) is 0 Å². The smallest absolute Gasteiger partial charge is 0.165 e. The molecule has 0 amide bonds. The molecule has 0 spiro atoms. The first-order valence-electron chi connectivity index (χ1n) is 7.28. The predicted octanol–water partition coefficient (Wildman–Crippen LogP) is 4.09. The molecule has 1 aromatic carbocycles. The van der Waals surface area contributed by atoms with E-state index >= 15 is 0 Å². The van der Waals surface area contributed by atoms with Gasteiger partial charge in [-0.1, -0.05) is 31.5 Å². The molecule has 21 heavy (non-hydrogen) atoms. The predicted molar refractivity (Wildman–Crippen MR) is 86.0 cm³/mol. The molecule has 0 bridgehead atoms. The van der Waals surface area contributed by atoms with E-state index in [9.17, 15) is 0 Å². The number of hydrogen-bond acceptors (Lipinski definition) is 3. The van der Waals surface area contributed by atoms with Gasteiger partial charge in [0.05, 0.1) is 12.4 Å². The van der Waals surface area contributed by atoms with E-state index in [4.69, 9.17) is 16.3 Å². The second-order valence-corrected chi connectivity index (χ2v) is 5.85. The van der Waals surface area contributed by atoms with E-state index in [1.54, 1.807) is 6.20 Å². The van der Waals surface area contributed by atoms with Gasteiger partial charge in [0, 0.05) is 23.7 Å². The molecule has 0 saturated heterocycles. The van der Waals surface area contributed by atoms with E-state index in [0.717, 1.165) is 36.7 Å². The fourth-order valence-corrected chi connectivity index (χ4v) is 2.12. The second-order valence-electron chi connectivity index (χ2n) is 5.41. The Balaban J connectivity index is 2.10. The molecule has 114 valence electrons. The number of nitrogens with one attached hydrogen (secondary N) is 1. The Bertz CT molecular complexity index is 581. The zero-order valence-corrected chi connectivity index (χ0v) is 13.5. The first-order valence-corrected chi connectivity index (χ1v) is 7.65. The lowest BCUT2D eigenvalue weighted by molar-refractivity contribution is 0.468. The second kappa shape index (κ2) is 7.48. The van der Waals surface area contributed by atoms with Crippen molar-refractivity contribution in [3.8, 4) is 11.5 Å². The van der Waals surface area contributed by atoms with Crippen LogP contribution in [0.3, 0.4) is 0 Å². The number of benzene rings is 1. The number of ether oxygens (including phenoxy) is 1. The Morgan fingerprint density at radius 1 is 1.38 bits per heavy atom. The Labute approximate surface area is 131 Å². The molecular formula is C16H22ClN3O. The third-order valence-corrected chi connectivity index (χ3v) is 3.29. The summed E-state index contributed by atoms with van der Waals surface area (Å²) in [6.07, 6.45) is 3.60. The monoisotopic (exact) mass is 307 g/mol. The van der Waals surface area contributed by atoms with E-state index in [0.29, 0.717) is 10.9 Å². The van der Waals surface area contributed by atoms with Gasteiger partial charge < -0.3 is 10.1 Å². The number of nitrogens with zero attached hydrogens (tertiary/aromatic N) is 2. The Hall–Kier alpha value is -1.52. The van der Waals surface area contributed by atoms with Gasteiger partial charge >= 0.3 is 0 Å². The molecule has 0 aliphatic carbocycles. The third kappa shape index (κ3) is 4.76. The number of rotatable bonds is 7. The maximum atomic E-state index is 6.08. The van der Waals surface area contributed by atoms with Crippen LogP contribution in [-0.4, -0.2) is 16.3 Å². The quantitative estimate of drug-likeness (QED) is 0.837. The molecule has 0 saturated carbocycles. The zero-order chi connectivity index (χ0) is 15.2. The van der Waals surface area contributed by atoms with E-state index in [1.807, 2.05) is 36.0 Å². The van der Waals surface area contributed by atoms with Crippen LogP contribution >= 0.6 is 11.6 Å². The summed E-state index contributed by atoms with van der Waals surface area (Å²) in [5.74, 6) is 2.11. The number of hydrogen-bond donors (Lipinski definition) is 1. The summed E-state index contributed by atoms with van der Waals surface area (Å²) < 4.78 is 7.75. The molecule has 0 aliphatic rings. The van der Waals surface area contributed by atoms with E-state index in [2.05, 4.69) is 24.3 Å². The summed E-state index contributed by atoms with van der Waals surface area (Å²) in [6.45, 7) is 8.96. The summed E-state index contributed by atoms with van der Waals surface area (Å²) in [7, 11) is 0. The Kier molecular flexibility index (Phi) is 5.65. The largest absolute Gasteiger partial charge is 0.454 e. The van der Waals surface area contributed by atoms with Crippen LogP contribution < -0.4 is 10.1 Å². The number of aryl methyl sites for hydroxylation is 1. The lowest BCUT2D eigenvalue weighted by Gasteiger charge is -2.12. The maximum absolute atomic E-state index is 6.08. The minimum absolute atomic E-state index is 0.615. The maximum Gasteiger partial charge on any atom is 0.165 e. The molecule has 0 fully saturated rings. The van der Waals surface area contributed by atoms with Crippen molar-refractivity contribution in [2.24, 2.45) is 5.92 Å². The topological polar surface area (TPSA) is 39.1 Å². The fraction of sp³-hybridized carbons (Fsp3) is 0.438. The average Bonchev–Trinajstić information content (AvgIpc) is 2.88. The van der Waals surface area contributed by atoms with Crippen molar-refractivity contribution in [3.63, 3.8) is 0 Å². The SMILES string of the molecule is CCn1cc(Oc2cc(Cl)ccc2CNCC(C)C)cn1. The summed E-state index contributed by atoms with van der Waals surface area (Å²) in [4.78, 5) is 0.